The summed E-state index contributed by atoms with van der Waals surface area (Å²) >= 11 is 5.76. The van der Waals surface area contributed by atoms with Gasteiger partial charge in [-0.2, -0.15) is 8.78 Å². The van der Waals surface area contributed by atoms with E-state index in [4.69, 9.17) is 16.3 Å². The number of nitrogens with zero attached hydrogens (tertiary/aromatic N) is 2. The fourth-order valence-electron chi connectivity index (χ4n) is 1.74. The molecule has 0 bridgehead atoms. The lowest BCUT2D eigenvalue weighted by molar-refractivity contribution is -0.390. The number of amides is 1. The Hall–Kier alpha value is -3.01. The minimum atomic E-state index is -3.03. The molecule has 0 unspecified atom stereocenters. The first-order chi connectivity index (χ1) is 11.9. The van der Waals surface area contributed by atoms with E-state index in [0.29, 0.717) is 0 Å². The third kappa shape index (κ3) is 5.24. The van der Waals surface area contributed by atoms with Gasteiger partial charge in [-0.3, -0.25) is 4.79 Å². The van der Waals surface area contributed by atoms with E-state index in [1.807, 2.05) is 0 Å². The number of anilines is 1. The Morgan fingerprint density at radius 1 is 1.36 bits per heavy atom. The van der Waals surface area contributed by atoms with Gasteiger partial charge in [-0.25, -0.2) is 0 Å². The number of aromatic nitrogens is 1. The summed E-state index contributed by atoms with van der Waals surface area (Å²) in [4.78, 5) is 25.4. The van der Waals surface area contributed by atoms with Crippen molar-refractivity contribution in [2.45, 2.75) is 6.61 Å². The normalized spacial score (nSPS) is 10.4. The van der Waals surface area contributed by atoms with Gasteiger partial charge in [0.05, 0.1) is 5.02 Å². The maximum Gasteiger partial charge on any atom is 0.406 e. The fraction of sp³-hybridized carbons (Fsp3) is 0.143. The molecule has 11 heteroatoms. The van der Waals surface area contributed by atoms with Crippen molar-refractivity contribution < 1.29 is 28.0 Å². The van der Waals surface area contributed by atoms with E-state index in [-0.39, 0.29) is 22.2 Å². The molecule has 1 heterocycles. The molecule has 0 aliphatic rings. The van der Waals surface area contributed by atoms with Crippen LogP contribution in [0.1, 0.15) is 0 Å². The number of nitro groups is 1. The largest absolute Gasteiger partial charge is 0.476 e. The van der Waals surface area contributed by atoms with E-state index in [2.05, 4.69) is 15.0 Å². The van der Waals surface area contributed by atoms with Crippen molar-refractivity contribution in [3.05, 3.63) is 51.7 Å². The summed E-state index contributed by atoms with van der Waals surface area (Å²) in [7, 11) is 0. The number of rotatable bonds is 7. The average molecular weight is 374 g/mol. The van der Waals surface area contributed by atoms with Crippen molar-refractivity contribution in [1.82, 2.24) is 4.98 Å². The van der Waals surface area contributed by atoms with Gasteiger partial charge in [0.15, 0.2) is 6.61 Å². The molecule has 25 heavy (non-hydrogen) atoms. The van der Waals surface area contributed by atoms with E-state index in [1.54, 1.807) is 0 Å². The second-order valence-electron chi connectivity index (χ2n) is 4.44. The molecule has 0 spiro atoms. The van der Waals surface area contributed by atoms with Gasteiger partial charge in [0.25, 0.3) is 5.91 Å². The summed E-state index contributed by atoms with van der Waals surface area (Å²) in [5, 5.41) is 13.1. The van der Waals surface area contributed by atoms with E-state index < -0.39 is 29.9 Å². The van der Waals surface area contributed by atoms with Crippen molar-refractivity contribution in [2.75, 3.05) is 11.9 Å². The predicted molar refractivity (Wildman–Crippen MR) is 83.1 cm³/mol. The molecule has 0 saturated carbocycles. The molecule has 0 fully saturated rings. The zero-order valence-corrected chi connectivity index (χ0v) is 13.1. The van der Waals surface area contributed by atoms with E-state index in [0.717, 1.165) is 6.07 Å². The Bertz CT molecular complexity index is 791. The van der Waals surface area contributed by atoms with Crippen LogP contribution >= 0.6 is 11.6 Å². The van der Waals surface area contributed by atoms with Crippen LogP contribution in [0.15, 0.2) is 36.5 Å². The van der Waals surface area contributed by atoms with E-state index in [1.165, 1.54) is 30.5 Å². The minimum absolute atomic E-state index is 0.123. The summed E-state index contributed by atoms with van der Waals surface area (Å²) in [5.74, 6) is -1.57. The third-order valence-electron chi connectivity index (χ3n) is 2.71. The Balaban J connectivity index is 1.97. The van der Waals surface area contributed by atoms with Gasteiger partial charge in [0.2, 0.25) is 5.75 Å². The average Bonchev–Trinajstić information content (AvgIpc) is 2.55. The summed E-state index contributed by atoms with van der Waals surface area (Å²) in [6.07, 6.45) is 1.22. The molecule has 2 aromatic rings. The number of pyridine rings is 1. The highest BCUT2D eigenvalue weighted by Crippen LogP contribution is 2.29. The molecule has 1 N–H and O–H groups in total. The van der Waals surface area contributed by atoms with Gasteiger partial charge in [-0.1, -0.05) is 11.6 Å². The second kappa shape index (κ2) is 8.20. The molecular weight excluding hydrogens is 364 g/mol. The smallest absolute Gasteiger partial charge is 0.406 e. The van der Waals surface area contributed by atoms with Crippen LogP contribution in [0.4, 0.5) is 20.3 Å². The predicted octanol–water partition coefficient (Wildman–Crippen LogP) is 3.26. The number of alkyl halides is 2. The van der Waals surface area contributed by atoms with Crippen LogP contribution in [0.5, 0.6) is 11.5 Å². The highest BCUT2D eigenvalue weighted by atomic mass is 35.5. The maximum absolute atomic E-state index is 12.1. The van der Waals surface area contributed by atoms with Gasteiger partial charge < -0.3 is 24.9 Å². The third-order valence-corrected chi connectivity index (χ3v) is 3.01. The highest BCUT2D eigenvalue weighted by Gasteiger charge is 2.17. The number of carbonyl (C=O) groups excluding carboxylic acids is 1. The first-order valence-corrected chi connectivity index (χ1v) is 7.01. The lowest BCUT2D eigenvalue weighted by Gasteiger charge is -2.10. The molecule has 132 valence electrons. The molecule has 8 nitrogen and oxygen atoms in total. The SMILES string of the molecule is O=C(COc1cccnc1[N+](=O)[O-])Nc1ccc(OC(F)F)c(Cl)c1. The molecule has 0 aliphatic carbocycles. The van der Waals surface area contributed by atoms with Gasteiger partial charge in [0, 0.05) is 5.69 Å². The van der Waals surface area contributed by atoms with E-state index in [9.17, 15) is 23.7 Å². The number of ether oxygens (including phenoxy) is 2. The summed E-state index contributed by atoms with van der Waals surface area (Å²) in [5.41, 5.74) is 0.209. The number of hydrogen-bond donors (Lipinski definition) is 1. The topological polar surface area (TPSA) is 104 Å². The van der Waals surface area contributed by atoms with Crippen LogP contribution in [0.3, 0.4) is 0 Å². The minimum Gasteiger partial charge on any atom is -0.476 e. The molecule has 1 aromatic heterocycles. The van der Waals surface area contributed by atoms with Crippen molar-refractivity contribution in [2.24, 2.45) is 0 Å². The summed E-state index contributed by atoms with van der Waals surface area (Å²) in [6.45, 7) is -3.55. The number of carbonyl (C=O) groups is 1. The molecule has 0 radical (unpaired) electrons. The second-order valence-corrected chi connectivity index (χ2v) is 4.85. The quantitative estimate of drug-likeness (QED) is 0.590. The van der Waals surface area contributed by atoms with Crippen LogP contribution < -0.4 is 14.8 Å². The number of benzene rings is 1. The molecular formula is C14H10ClF2N3O5. The van der Waals surface area contributed by atoms with Crippen LogP contribution in [0.2, 0.25) is 5.02 Å². The van der Waals surface area contributed by atoms with Crippen LogP contribution in [-0.2, 0) is 4.79 Å². The molecule has 0 saturated heterocycles. The Labute approximate surface area is 144 Å². The molecule has 1 aromatic carbocycles. The van der Waals surface area contributed by atoms with Crippen LogP contribution in [0, 0.1) is 10.1 Å². The van der Waals surface area contributed by atoms with Gasteiger partial charge in [-0.15, -0.1) is 0 Å². The molecule has 2 rings (SSSR count). The van der Waals surface area contributed by atoms with Gasteiger partial charge >= 0.3 is 12.4 Å². The first kappa shape index (κ1) is 18.3. The highest BCUT2D eigenvalue weighted by molar-refractivity contribution is 6.32. The first-order valence-electron chi connectivity index (χ1n) is 6.63. The summed E-state index contributed by atoms with van der Waals surface area (Å²) < 4.78 is 33.5. The monoisotopic (exact) mass is 373 g/mol. The number of hydrogen-bond acceptors (Lipinski definition) is 6. The zero-order chi connectivity index (χ0) is 18.4. The molecule has 0 aliphatic heterocycles. The van der Waals surface area contributed by atoms with Crippen LogP contribution in [-0.4, -0.2) is 29.0 Å². The Kier molecular flexibility index (Phi) is 6.01. The van der Waals surface area contributed by atoms with E-state index >= 15 is 0 Å². The van der Waals surface area contributed by atoms with Crippen molar-refractivity contribution in [3.63, 3.8) is 0 Å². The van der Waals surface area contributed by atoms with Crippen LogP contribution in [0.25, 0.3) is 0 Å². The zero-order valence-electron chi connectivity index (χ0n) is 12.3. The molecule has 1 amide bonds. The van der Waals surface area contributed by atoms with Crippen molar-refractivity contribution in [3.8, 4) is 11.5 Å². The lowest BCUT2D eigenvalue weighted by atomic mass is 10.3. The lowest BCUT2D eigenvalue weighted by Crippen LogP contribution is -2.20. The Morgan fingerprint density at radius 3 is 2.76 bits per heavy atom. The van der Waals surface area contributed by atoms with Crippen molar-refractivity contribution >= 4 is 29.0 Å². The van der Waals surface area contributed by atoms with Gasteiger partial charge in [0.1, 0.15) is 11.9 Å². The Morgan fingerprint density at radius 2 is 2.12 bits per heavy atom. The van der Waals surface area contributed by atoms with Crippen molar-refractivity contribution in [1.29, 1.82) is 0 Å². The fourth-order valence-corrected chi connectivity index (χ4v) is 1.97. The maximum atomic E-state index is 12.1. The standard InChI is InChI=1S/C14H10ClF2N3O5/c15-9-6-8(3-4-10(9)25-14(16)17)19-12(21)7-24-11-2-1-5-18-13(11)20(22)23/h1-6,14H,7H2,(H,19,21). The molecule has 0 atom stereocenters. The summed E-state index contributed by atoms with van der Waals surface area (Å²) in [6, 6.07) is 6.39. The number of halogens is 3. The number of nitrogens with one attached hydrogen (secondary N) is 1. The van der Waals surface area contributed by atoms with Gasteiger partial charge in [-0.05, 0) is 40.2 Å².